The second-order valence-electron chi connectivity index (χ2n) is 6.71. The summed E-state index contributed by atoms with van der Waals surface area (Å²) in [5.74, 6) is 0.246. The van der Waals surface area contributed by atoms with Crippen LogP contribution in [0.15, 0.2) is 42.6 Å². The second kappa shape index (κ2) is 5.77. The van der Waals surface area contributed by atoms with E-state index in [4.69, 9.17) is 0 Å². The molecule has 0 saturated carbocycles. The molecule has 0 radical (unpaired) electrons. The zero-order chi connectivity index (χ0) is 17.6. The molecule has 2 aromatic carbocycles. The molecule has 126 valence electrons. The van der Waals surface area contributed by atoms with Gasteiger partial charge in [-0.15, -0.1) is 0 Å². The van der Waals surface area contributed by atoms with Crippen molar-refractivity contribution in [2.45, 2.75) is 26.2 Å². The lowest BCUT2D eigenvalue weighted by atomic mass is 10.0. The minimum Gasteiger partial charge on any atom is -0.360 e. The highest BCUT2D eigenvalue weighted by molar-refractivity contribution is 6.13. The number of nitrogens with one attached hydrogen (secondary N) is 3. The Morgan fingerprint density at radius 2 is 2.00 bits per heavy atom. The van der Waals surface area contributed by atoms with Gasteiger partial charge < -0.3 is 15.6 Å². The van der Waals surface area contributed by atoms with Gasteiger partial charge >= 0.3 is 0 Å². The lowest BCUT2D eigenvalue weighted by Crippen LogP contribution is -2.11. The van der Waals surface area contributed by atoms with Crippen LogP contribution in [0.5, 0.6) is 0 Å². The van der Waals surface area contributed by atoms with Crippen LogP contribution in [-0.2, 0) is 11.2 Å². The van der Waals surface area contributed by atoms with E-state index < -0.39 is 0 Å². The van der Waals surface area contributed by atoms with Gasteiger partial charge in [-0.2, -0.15) is 0 Å². The van der Waals surface area contributed by atoms with Crippen LogP contribution in [0.3, 0.4) is 0 Å². The molecule has 0 bridgehead atoms. The van der Waals surface area contributed by atoms with Gasteiger partial charge in [-0.3, -0.25) is 9.59 Å². The van der Waals surface area contributed by atoms with Gasteiger partial charge in [0.2, 0.25) is 5.91 Å². The highest BCUT2D eigenvalue weighted by Gasteiger charge is 2.19. The number of fused-ring (bicyclic) bond motifs is 2. The molecule has 0 spiro atoms. The van der Waals surface area contributed by atoms with Gasteiger partial charge in [0.15, 0.2) is 0 Å². The van der Waals surface area contributed by atoms with Gasteiger partial charge in [0, 0.05) is 28.5 Å². The Morgan fingerprint density at radius 1 is 1.16 bits per heavy atom. The summed E-state index contributed by atoms with van der Waals surface area (Å²) in [5, 5.41) is 6.60. The number of aromatic amines is 1. The van der Waals surface area contributed by atoms with E-state index in [2.05, 4.69) is 41.6 Å². The van der Waals surface area contributed by atoms with Crippen molar-refractivity contribution in [3.63, 3.8) is 0 Å². The summed E-state index contributed by atoms with van der Waals surface area (Å²) in [6, 6.07) is 11.6. The summed E-state index contributed by atoms with van der Waals surface area (Å²) in [6.45, 7) is 4.29. The molecule has 0 saturated heterocycles. The van der Waals surface area contributed by atoms with Gasteiger partial charge in [0.1, 0.15) is 0 Å². The fourth-order valence-electron chi connectivity index (χ4n) is 3.18. The first kappa shape index (κ1) is 15.4. The SMILES string of the molecule is CC(C)c1ccc2c(C(=O)Nc3ccc4c(c3)NC(=O)C4)c[nH]c2c1. The number of anilines is 2. The number of H-pyrrole nitrogens is 1. The van der Waals surface area contributed by atoms with Crippen molar-refractivity contribution < 1.29 is 9.59 Å². The van der Waals surface area contributed by atoms with E-state index >= 15 is 0 Å². The summed E-state index contributed by atoms with van der Waals surface area (Å²) in [4.78, 5) is 27.3. The van der Waals surface area contributed by atoms with Crippen molar-refractivity contribution in [2.24, 2.45) is 0 Å². The number of carbonyl (C=O) groups excluding carboxylic acids is 2. The third kappa shape index (κ3) is 2.78. The fraction of sp³-hybridized carbons (Fsp3) is 0.200. The zero-order valence-corrected chi connectivity index (χ0v) is 14.1. The third-order valence-corrected chi connectivity index (χ3v) is 4.61. The average Bonchev–Trinajstić information content (AvgIpc) is 3.15. The molecule has 5 nitrogen and oxygen atoms in total. The zero-order valence-electron chi connectivity index (χ0n) is 14.1. The maximum absolute atomic E-state index is 12.7. The molecule has 0 atom stereocenters. The number of aromatic nitrogens is 1. The van der Waals surface area contributed by atoms with Gasteiger partial charge in [0.05, 0.1) is 12.0 Å². The Bertz CT molecular complexity index is 1000. The van der Waals surface area contributed by atoms with Crippen LogP contribution in [0.2, 0.25) is 0 Å². The molecule has 3 aromatic rings. The first-order chi connectivity index (χ1) is 12.0. The Balaban J connectivity index is 1.60. The maximum Gasteiger partial charge on any atom is 0.257 e. The van der Waals surface area contributed by atoms with E-state index in [9.17, 15) is 9.59 Å². The normalized spacial score (nSPS) is 13.2. The van der Waals surface area contributed by atoms with E-state index in [0.717, 1.165) is 22.2 Å². The molecule has 2 heterocycles. The van der Waals surface area contributed by atoms with Gasteiger partial charge in [-0.25, -0.2) is 0 Å². The van der Waals surface area contributed by atoms with Crippen molar-refractivity contribution in [1.29, 1.82) is 0 Å². The first-order valence-corrected chi connectivity index (χ1v) is 8.36. The molecule has 1 aliphatic rings. The Labute approximate surface area is 145 Å². The number of carbonyl (C=O) groups is 2. The van der Waals surface area contributed by atoms with Crippen molar-refractivity contribution in [1.82, 2.24) is 4.98 Å². The van der Waals surface area contributed by atoms with E-state index in [1.807, 2.05) is 18.2 Å². The molecular formula is C20H19N3O2. The number of benzene rings is 2. The van der Waals surface area contributed by atoms with E-state index in [1.165, 1.54) is 5.56 Å². The lowest BCUT2D eigenvalue weighted by molar-refractivity contribution is -0.115. The molecule has 0 fully saturated rings. The molecule has 25 heavy (non-hydrogen) atoms. The molecule has 1 aliphatic heterocycles. The standard InChI is InChI=1S/C20H19N3O2/c1-11(2)12-4-6-15-16(10-21-18(15)7-12)20(25)22-14-5-3-13-8-19(24)23-17(13)9-14/h3-7,9-11,21H,8H2,1-2H3,(H,22,25)(H,23,24). The average molecular weight is 333 g/mol. The van der Waals surface area contributed by atoms with Gasteiger partial charge in [-0.05, 0) is 35.2 Å². The van der Waals surface area contributed by atoms with Crippen LogP contribution in [0.4, 0.5) is 11.4 Å². The van der Waals surface area contributed by atoms with E-state index in [-0.39, 0.29) is 11.8 Å². The largest absolute Gasteiger partial charge is 0.360 e. The quantitative estimate of drug-likeness (QED) is 0.677. The predicted molar refractivity (Wildman–Crippen MR) is 99.1 cm³/mol. The Morgan fingerprint density at radius 3 is 2.80 bits per heavy atom. The van der Waals surface area contributed by atoms with Crippen molar-refractivity contribution >= 4 is 34.1 Å². The number of amides is 2. The van der Waals surface area contributed by atoms with Crippen molar-refractivity contribution in [3.05, 3.63) is 59.3 Å². The summed E-state index contributed by atoms with van der Waals surface area (Å²) >= 11 is 0. The Hall–Kier alpha value is -3.08. The predicted octanol–water partition coefficient (Wildman–Crippen LogP) is 4.04. The highest BCUT2D eigenvalue weighted by Crippen LogP contribution is 2.28. The molecule has 3 N–H and O–H groups in total. The van der Waals surface area contributed by atoms with E-state index in [1.54, 1.807) is 12.3 Å². The van der Waals surface area contributed by atoms with Crippen molar-refractivity contribution in [2.75, 3.05) is 10.6 Å². The number of hydrogen-bond donors (Lipinski definition) is 3. The summed E-state index contributed by atoms with van der Waals surface area (Å²) < 4.78 is 0. The maximum atomic E-state index is 12.7. The second-order valence-corrected chi connectivity index (χ2v) is 6.71. The van der Waals surface area contributed by atoms with Crippen LogP contribution in [0.25, 0.3) is 10.9 Å². The van der Waals surface area contributed by atoms with Gasteiger partial charge in [-0.1, -0.05) is 32.0 Å². The van der Waals surface area contributed by atoms with Crippen LogP contribution in [0, 0.1) is 0 Å². The summed E-state index contributed by atoms with van der Waals surface area (Å²) in [7, 11) is 0. The molecule has 4 rings (SSSR count). The number of rotatable bonds is 3. The third-order valence-electron chi connectivity index (χ3n) is 4.61. The van der Waals surface area contributed by atoms with Crippen molar-refractivity contribution in [3.8, 4) is 0 Å². The van der Waals surface area contributed by atoms with E-state index in [0.29, 0.717) is 23.6 Å². The molecule has 0 unspecified atom stereocenters. The van der Waals surface area contributed by atoms with Crippen LogP contribution < -0.4 is 10.6 Å². The molecule has 5 heteroatoms. The summed E-state index contributed by atoms with van der Waals surface area (Å²) in [5.41, 5.74) is 5.18. The van der Waals surface area contributed by atoms with Crippen LogP contribution in [0.1, 0.15) is 41.3 Å². The molecule has 1 aromatic heterocycles. The van der Waals surface area contributed by atoms with Crippen LogP contribution in [-0.4, -0.2) is 16.8 Å². The molecule has 2 amide bonds. The lowest BCUT2D eigenvalue weighted by Gasteiger charge is -2.07. The smallest absolute Gasteiger partial charge is 0.257 e. The Kier molecular flexibility index (Phi) is 3.57. The minimum atomic E-state index is -0.173. The minimum absolute atomic E-state index is 0.0175. The topological polar surface area (TPSA) is 74.0 Å². The van der Waals surface area contributed by atoms with Gasteiger partial charge in [0.25, 0.3) is 5.91 Å². The molecular weight excluding hydrogens is 314 g/mol. The van der Waals surface area contributed by atoms with Crippen LogP contribution >= 0.6 is 0 Å². The monoisotopic (exact) mass is 333 g/mol. The fourth-order valence-corrected chi connectivity index (χ4v) is 3.18. The number of hydrogen-bond acceptors (Lipinski definition) is 2. The molecule has 0 aliphatic carbocycles. The highest BCUT2D eigenvalue weighted by atomic mass is 16.2. The first-order valence-electron chi connectivity index (χ1n) is 8.36. The summed E-state index contributed by atoms with van der Waals surface area (Å²) in [6.07, 6.45) is 2.13.